The van der Waals surface area contributed by atoms with Crippen LogP contribution in [-0.4, -0.2) is 24.9 Å². The topological polar surface area (TPSA) is 38.7 Å². The molecule has 106 valence electrons. The minimum atomic E-state index is -0.265. The first-order valence-electron chi connectivity index (χ1n) is 7.03. The molecule has 0 spiro atoms. The van der Waals surface area contributed by atoms with Gasteiger partial charge in [-0.2, -0.15) is 0 Å². The van der Waals surface area contributed by atoms with Crippen molar-refractivity contribution in [2.45, 2.75) is 51.0 Å². The Bertz CT molecular complexity index is 420. The Morgan fingerprint density at radius 3 is 2.47 bits per heavy atom. The van der Waals surface area contributed by atoms with Gasteiger partial charge in [0.05, 0.1) is 19.8 Å². The molecule has 0 aliphatic heterocycles. The minimum absolute atomic E-state index is 0.110. The van der Waals surface area contributed by atoms with E-state index >= 15 is 0 Å². The lowest BCUT2D eigenvalue weighted by Gasteiger charge is -2.24. The van der Waals surface area contributed by atoms with Crippen LogP contribution in [-0.2, 0) is 5.41 Å². The van der Waals surface area contributed by atoms with E-state index in [1.807, 2.05) is 32.0 Å². The van der Waals surface area contributed by atoms with Crippen molar-refractivity contribution in [3.63, 3.8) is 0 Å². The van der Waals surface area contributed by atoms with Crippen LogP contribution in [0.4, 0.5) is 0 Å². The highest BCUT2D eigenvalue weighted by molar-refractivity contribution is 5.45. The lowest BCUT2D eigenvalue weighted by molar-refractivity contribution is 0.199. The average molecular weight is 264 g/mol. The van der Waals surface area contributed by atoms with E-state index in [0.717, 1.165) is 29.9 Å². The van der Waals surface area contributed by atoms with Crippen LogP contribution >= 0.6 is 0 Å². The van der Waals surface area contributed by atoms with E-state index in [4.69, 9.17) is 9.47 Å². The fraction of sp³-hybridized carbons (Fsp3) is 0.625. The number of rotatable bonds is 5. The van der Waals surface area contributed by atoms with Gasteiger partial charge in [0.2, 0.25) is 0 Å². The summed E-state index contributed by atoms with van der Waals surface area (Å²) in [5.74, 6) is 1.57. The molecule has 1 aliphatic carbocycles. The molecule has 3 nitrogen and oxygen atoms in total. The van der Waals surface area contributed by atoms with Gasteiger partial charge in [0.1, 0.15) is 0 Å². The largest absolute Gasteiger partial charge is 0.493 e. The standard InChI is InChI=1S/C16H24O3/c1-16(2,11-17)12-8-9-14(15(10-12)18-3)19-13-6-4-5-7-13/h8-10,13,17H,4-7,11H2,1-3H3. The zero-order valence-electron chi connectivity index (χ0n) is 12.1. The molecule has 0 saturated heterocycles. The molecule has 0 bridgehead atoms. The van der Waals surface area contributed by atoms with Crippen LogP contribution in [0.15, 0.2) is 18.2 Å². The van der Waals surface area contributed by atoms with Crippen molar-refractivity contribution in [2.75, 3.05) is 13.7 Å². The molecule has 2 rings (SSSR count). The maximum absolute atomic E-state index is 9.44. The number of aliphatic hydroxyl groups is 1. The summed E-state index contributed by atoms with van der Waals surface area (Å²) in [7, 11) is 1.66. The number of ether oxygens (including phenoxy) is 2. The van der Waals surface area contributed by atoms with Gasteiger partial charge in [-0.05, 0) is 43.4 Å². The quantitative estimate of drug-likeness (QED) is 0.887. The van der Waals surface area contributed by atoms with Crippen molar-refractivity contribution in [2.24, 2.45) is 0 Å². The molecule has 0 radical (unpaired) electrons. The predicted molar refractivity (Wildman–Crippen MR) is 76.0 cm³/mol. The number of benzene rings is 1. The van der Waals surface area contributed by atoms with Gasteiger partial charge in [0.25, 0.3) is 0 Å². The predicted octanol–water partition coefficient (Wildman–Crippen LogP) is 3.29. The van der Waals surface area contributed by atoms with Crippen molar-refractivity contribution in [1.82, 2.24) is 0 Å². The van der Waals surface area contributed by atoms with Crippen molar-refractivity contribution in [1.29, 1.82) is 0 Å². The van der Waals surface area contributed by atoms with Crippen LogP contribution in [0, 0.1) is 0 Å². The number of aliphatic hydroxyl groups excluding tert-OH is 1. The first-order valence-corrected chi connectivity index (χ1v) is 7.03. The van der Waals surface area contributed by atoms with Crippen molar-refractivity contribution < 1.29 is 14.6 Å². The van der Waals surface area contributed by atoms with Gasteiger partial charge in [-0.25, -0.2) is 0 Å². The first-order chi connectivity index (χ1) is 9.06. The molecular weight excluding hydrogens is 240 g/mol. The van der Waals surface area contributed by atoms with Crippen molar-refractivity contribution in [3.05, 3.63) is 23.8 Å². The Labute approximate surface area is 115 Å². The SMILES string of the molecule is COc1cc(C(C)(C)CO)ccc1OC1CCCC1. The third-order valence-corrected chi connectivity index (χ3v) is 3.94. The summed E-state index contributed by atoms with van der Waals surface area (Å²) in [5, 5.41) is 9.44. The third kappa shape index (κ3) is 3.21. The lowest BCUT2D eigenvalue weighted by atomic mass is 9.85. The molecule has 0 unspecified atom stereocenters. The summed E-state index contributed by atoms with van der Waals surface area (Å²) in [6.45, 7) is 4.14. The van der Waals surface area contributed by atoms with E-state index < -0.39 is 0 Å². The van der Waals surface area contributed by atoms with Gasteiger partial charge in [0, 0.05) is 5.41 Å². The van der Waals surface area contributed by atoms with Crippen LogP contribution in [0.1, 0.15) is 45.1 Å². The molecule has 19 heavy (non-hydrogen) atoms. The molecular formula is C16H24O3. The van der Waals surface area contributed by atoms with Gasteiger partial charge >= 0.3 is 0 Å². The molecule has 0 heterocycles. The summed E-state index contributed by atoms with van der Waals surface area (Å²) < 4.78 is 11.4. The Morgan fingerprint density at radius 2 is 1.89 bits per heavy atom. The van der Waals surface area contributed by atoms with Crippen LogP contribution in [0.5, 0.6) is 11.5 Å². The third-order valence-electron chi connectivity index (χ3n) is 3.94. The van der Waals surface area contributed by atoms with Gasteiger partial charge in [0.15, 0.2) is 11.5 Å². The second-order valence-corrected chi connectivity index (χ2v) is 5.93. The highest BCUT2D eigenvalue weighted by atomic mass is 16.5. The summed E-state index contributed by atoms with van der Waals surface area (Å²) in [6.07, 6.45) is 5.09. The van der Waals surface area contributed by atoms with Gasteiger partial charge in [-0.1, -0.05) is 19.9 Å². The van der Waals surface area contributed by atoms with Gasteiger partial charge in [-0.3, -0.25) is 0 Å². The van der Waals surface area contributed by atoms with E-state index in [-0.39, 0.29) is 12.0 Å². The Morgan fingerprint density at radius 1 is 1.21 bits per heavy atom. The molecule has 1 aliphatic rings. The monoisotopic (exact) mass is 264 g/mol. The van der Waals surface area contributed by atoms with Crippen LogP contribution in [0.3, 0.4) is 0 Å². The molecule has 0 atom stereocenters. The Hall–Kier alpha value is -1.22. The molecule has 1 aromatic rings. The molecule has 1 N–H and O–H groups in total. The zero-order valence-corrected chi connectivity index (χ0v) is 12.1. The second kappa shape index (κ2) is 5.83. The van der Waals surface area contributed by atoms with Gasteiger partial charge < -0.3 is 14.6 Å². The number of hydrogen-bond donors (Lipinski definition) is 1. The molecule has 1 aromatic carbocycles. The lowest BCUT2D eigenvalue weighted by Crippen LogP contribution is -2.22. The molecule has 1 fully saturated rings. The Kier molecular flexibility index (Phi) is 4.35. The summed E-state index contributed by atoms with van der Waals surface area (Å²) >= 11 is 0. The smallest absolute Gasteiger partial charge is 0.161 e. The molecule has 1 saturated carbocycles. The number of methoxy groups -OCH3 is 1. The second-order valence-electron chi connectivity index (χ2n) is 5.93. The Balaban J connectivity index is 2.20. The van der Waals surface area contributed by atoms with E-state index in [0.29, 0.717) is 6.10 Å². The van der Waals surface area contributed by atoms with Crippen molar-refractivity contribution >= 4 is 0 Å². The van der Waals surface area contributed by atoms with Crippen LogP contribution in [0.25, 0.3) is 0 Å². The zero-order chi connectivity index (χ0) is 13.9. The molecule has 0 aromatic heterocycles. The number of hydrogen-bond acceptors (Lipinski definition) is 3. The summed E-state index contributed by atoms with van der Waals surface area (Å²) in [6, 6.07) is 5.95. The normalized spacial score (nSPS) is 16.6. The van der Waals surface area contributed by atoms with Gasteiger partial charge in [-0.15, -0.1) is 0 Å². The maximum atomic E-state index is 9.44. The molecule has 0 amide bonds. The highest BCUT2D eigenvalue weighted by Gasteiger charge is 2.23. The summed E-state index contributed by atoms with van der Waals surface area (Å²) in [5.41, 5.74) is 0.796. The highest BCUT2D eigenvalue weighted by Crippen LogP contribution is 2.35. The fourth-order valence-electron chi connectivity index (χ4n) is 2.46. The fourth-order valence-corrected chi connectivity index (χ4v) is 2.46. The van der Waals surface area contributed by atoms with E-state index in [9.17, 15) is 5.11 Å². The van der Waals surface area contributed by atoms with Crippen LogP contribution in [0.2, 0.25) is 0 Å². The van der Waals surface area contributed by atoms with Crippen molar-refractivity contribution in [3.8, 4) is 11.5 Å². The van der Waals surface area contributed by atoms with E-state index in [1.54, 1.807) is 7.11 Å². The molecule has 3 heteroatoms. The average Bonchev–Trinajstić information content (AvgIpc) is 2.92. The maximum Gasteiger partial charge on any atom is 0.161 e. The first kappa shape index (κ1) is 14.2. The van der Waals surface area contributed by atoms with Crippen LogP contribution < -0.4 is 9.47 Å². The van der Waals surface area contributed by atoms with E-state index in [1.165, 1.54) is 12.8 Å². The minimum Gasteiger partial charge on any atom is -0.493 e. The van der Waals surface area contributed by atoms with E-state index in [2.05, 4.69) is 0 Å². The summed E-state index contributed by atoms with van der Waals surface area (Å²) in [4.78, 5) is 0.